The number of carboxylic acid groups (broad SMARTS) is 1. The van der Waals surface area contributed by atoms with Gasteiger partial charge in [-0.1, -0.05) is 0 Å². The van der Waals surface area contributed by atoms with E-state index in [1.54, 1.807) is 0 Å². The van der Waals surface area contributed by atoms with Gasteiger partial charge in [-0.05, 0) is 0 Å². The Hall–Kier alpha value is -1.03. The molecule has 96 valence electrons. The summed E-state index contributed by atoms with van der Waals surface area (Å²) in [6.45, 7) is -0.757. The highest BCUT2D eigenvalue weighted by molar-refractivity contribution is 5.73. The van der Waals surface area contributed by atoms with Gasteiger partial charge in [-0.3, -0.25) is 0 Å². The third-order valence-corrected chi connectivity index (χ3v) is 1.61. The van der Waals surface area contributed by atoms with Crippen LogP contribution in [0.5, 0.6) is 0 Å². The van der Waals surface area contributed by atoms with Crippen LogP contribution >= 0.6 is 0 Å². The van der Waals surface area contributed by atoms with E-state index in [0.717, 1.165) is 0 Å². The van der Waals surface area contributed by atoms with Crippen LogP contribution in [-0.2, 0) is 4.79 Å². The zero-order valence-electron chi connectivity index (χ0n) is 7.48. The summed E-state index contributed by atoms with van der Waals surface area (Å²) < 4.78 is 66.5. The molecule has 1 saturated heterocycles. The summed E-state index contributed by atoms with van der Waals surface area (Å²) in [4.78, 5) is 8.90. The minimum absolute atomic E-state index is 0.378. The molecular weight excluding hydrogens is 248 g/mol. The normalized spacial score (nSPS) is 19.2. The predicted octanol–water partition coefficient (Wildman–Crippen LogP) is 0.516. The van der Waals surface area contributed by atoms with Crippen LogP contribution in [0.2, 0.25) is 0 Å². The van der Waals surface area contributed by atoms with Crippen LogP contribution in [0.15, 0.2) is 0 Å². The summed E-state index contributed by atoms with van der Waals surface area (Å²) in [5, 5.41) is 18.0. The number of carbonyl (C=O) groups is 1. The molecule has 0 unspecified atom stereocenters. The molecule has 10 heteroatoms. The van der Waals surface area contributed by atoms with Crippen LogP contribution in [0, 0.1) is 0 Å². The molecule has 0 bridgehead atoms. The van der Waals surface area contributed by atoms with Gasteiger partial charge in [0.25, 0.3) is 0 Å². The number of aliphatic hydroxyl groups is 1. The van der Waals surface area contributed by atoms with Crippen molar-refractivity contribution in [2.45, 2.75) is 18.0 Å². The summed E-state index contributed by atoms with van der Waals surface area (Å²) in [5.41, 5.74) is -2.45. The molecule has 1 heterocycles. The standard InChI is InChI=1S/C4H6F3NO.C2HF3O2/c5-4(6,7)3(9)1-8-2-3;3-2(4,5)1(6)7/h8-9H,1-2H2;(H,6,7). The van der Waals surface area contributed by atoms with Gasteiger partial charge in [0.05, 0.1) is 0 Å². The van der Waals surface area contributed by atoms with E-state index in [2.05, 4.69) is 5.32 Å². The maximum absolute atomic E-state index is 11.6. The van der Waals surface area contributed by atoms with E-state index >= 15 is 0 Å². The lowest BCUT2D eigenvalue weighted by molar-refractivity contribution is -0.274. The van der Waals surface area contributed by atoms with Crippen LogP contribution < -0.4 is 5.32 Å². The molecule has 0 aromatic carbocycles. The fourth-order valence-electron chi connectivity index (χ4n) is 0.562. The Labute approximate surface area is 84.9 Å². The molecular formula is C6H7F6NO3. The van der Waals surface area contributed by atoms with Gasteiger partial charge in [-0.25, -0.2) is 4.79 Å². The molecule has 3 N–H and O–H groups in total. The highest BCUT2D eigenvalue weighted by atomic mass is 19.4. The average Bonchev–Trinajstić information content (AvgIpc) is 1.97. The summed E-state index contributed by atoms with van der Waals surface area (Å²) >= 11 is 0. The summed E-state index contributed by atoms with van der Waals surface area (Å²) in [7, 11) is 0. The molecule has 4 nitrogen and oxygen atoms in total. The Bertz CT molecular complexity index is 256. The number of hydrogen-bond acceptors (Lipinski definition) is 3. The predicted molar refractivity (Wildman–Crippen MR) is 37.6 cm³/mol. The zero-order chi connectivity index (χ0) is 13.2. The van der Waals surface area contributed by atoms with E-state index in [4.69, 9.17) is 15.0 Å². The lowest BCUT2D eigenvalue weighted by Gasteiger charge is -2.38. The first kappa shape index (κ1) is 15.0. The maximum Gasteiger partial charge on any atom is 0.490 e. The molecule has 0 aliphatic carbocycles. The first-order chi connectivity index (χ1) is 6.90. The van der Waals surface area contributed by atoms with Crippen molar-refractivity contribution in [2.75, 3.05) is 13.1 Å². The van der Waals surface area contributed by atoms with E-state index in [0.29, 0.717) is 0 Å². The van der Waals surface area contributed by atoms with Crippen molar-refractivity contribution in [2.24, 2.45) is 0 Å². The van der Waals surface area contributed by atoms with Crippen LogP contribution in [0.4, 0.5) is 26.3 Å². The Morgan fingerprint density at radius 2 is 1.44 bits per heavy atom. The highest BCUT2D eigenvalue weighted by Gasteiger charge is 2.57. The first-order valence-electron chi connectivity index (χ1n) is 3.70. The van der Waals surface area contributed by atoms with Crippen LogP contribution in [0.25, 0.3) is 0 Å². The lowest BCUT2D eigenvalue weighted by atomic mass is 9.97. The second-order valence-electron chi connectivity index (χ2n) is 2.94. The number of nitrogens with one attached hydrogen (secondary N) is 1. The summed E-state index contributed by atoms with van der Waals surface area (Å²) in [5.74, 6) is -2.76. The van der Waals surface area contributed by atoms with Crippen molar-refractivity contribution in [3.63, 3.8) is 0 Å². The molecule has 0 atom stereocenters. The fourth-order valence-corrected chi connectivity index (χ4v) is 0.562. The number of β-amino-alcohol motifs (C(OH)–C–C–N with tert-alkyl or cyclic N) is 1. The van der Waals surface area contributed by atoms with E-state index in [1.807, 2.05) is 0 Å². The van der Waals surface area contributed by atoms with Crippen LogP contribution in [-0.4, -0.2) is 47.2 Å². The SMILES string of the molecule is O=C(O)C(F)(F)F.OC1(C(F)(F)F)CNC1. The Morgan fingerprint density at radius 3 is 1.44 bits per heavy atom. The van der Waals surface area contributed by atoms with Gasteiger partial charge in [0.1, 0.15) is 0 Å². The first-order valence-corrected chi connectivity index (χ1v) is 3.70. The van der Waals surface area contributed by atoms with Crippen molar-refractivity contribution < 1.29 is 41.4 Å². The van der Waals surface area contributed by atoms with Gasteiger partial charge in [0, 0.05) is 13.1 Å². The molecule has 1 rings (SSSR count). The smallest absolute Gasteiger partial charge is 0.475 e. The molecule has 1 fully saturated rings. The van der Waals surface area contributed by atoms with Gasteiger partial charge in [-0.15, -0.1) is 0 Å². The molecule has 1 aliphatic rings. The molecule has 0 saturated carbocycles. The Morgan fingerprint density at radius 1 is 1.12 bits per heavy atom. The lowest BCUT2D eigenvalue weighted by Crippen LogP contribution is -2.67. The van der Waals surface area contributed by atoms with Crippen molar-refractivity contribution in [1.82, 2.24) is 5.32 Å². The number of carboxylic acids is 1. The number of rotatable bonds is 0. The third-order valence-electron chi connectivity index (χ3n) is 1.61. The molecule has 0 spiro atoms. The number of alkyl halides is 6. The fraction of sp³-hybridized carbons (Fsp3) is 0.833. The largest absolute Gasteiger partial charge is 0.490 e. The number of hydrogen-bond donors (Lipinski definition) is 3. The van der Waals surface area contributed by atoms with Crippen LogP contribution in [0.3, 0.4) is 0 Å². The highest BCUT2D eigenvalue weighted by Crippen LogP contribution is 2.32. The summed E-state index contributed by atoms with van der Waals surface area (Å²) in [6, 6.07) is 0. The third kappa shape index (κ3) is 3.85. The van der Waals surface area contributed by atoms with E-state index in [9.17, 15) is 26.3 Å². The van der Waals surface area contributed by atoms with Crippen molar-refractivity contribution in [3.8, 4) is 0 Å². The molecule has 0 amide bonds. The second-order valence-corrected chi connectivity index (χ2v) is 2.94. The van der Waals surface area contributed by atoms with Gasteiger partial charge in [-0.2, -0.15) is 26.3 Å². The molecule has 16 heavy (non-hydrogen) atoms. The van der Waals surface area contributed by atoms with Crippen molar-refractivity contribution in [3.05, 3.63) is 0 Å². The minimum atomic E-state index is -5.08. The van der Waals surface area contributed by atoms with E-state index < -0.39 is 23.9 Å². The quantitative estimate of drug-likeness (QED) is 0.552. The van der Waals surface area contributed by atoms with Gasteiger partial charge in [0.15, 0.2) is 5.60 Å². The van der Waals surface area contributed by atoms with Crippen LogP contribution in [0.1, 0.15) is 0 Å². The van der Waals surface area contributed by atoms with E-state index in [1.165, 1.54) is 0 Å². The van der Waals surface area contributed by atoms with Gasteiger partial charge < -0.3 is 15.5 Å². The topological polar surface area (TPSA) is 69.6 Å². The molecule has 0 aromatic rings. The Kier molecular flexibility index (Phi) is 4.17. The average molecular weight is 255 g/mol. The molecule has 0 radical (unpaired) electrons. The molecule has 0 aromatic heterocycles. The monoisotopic (exact) mass is 255 g/mol. The van der Waals surface area contributed by atoms with Gasteiger partial charge >= 0.3 is 18.3 Å². The molecule has 1 aliphatic heterocycles. The van der Waals surface area contributed by atoms with Crippen molar-refractivity contribution in [1.29, 1.82) is 0 Å². The zero-order valence-corrected chi connectivity index (χ0v) is 7.48. The minimum Gasteiger partial charge on any atom is -0.475 e. The Balaban J connectivity index is 0.000000293. The summed E-state index contributed by atoms with van der Waals surface area (Å²) in [6.07, 6.45) is -9.56. The van der Waals surface area contributed by atoms with E-state index in [-0.39, 0.29) is 13.1 Å². The number of aliphatic carboxylic acids is 1. The number of halogens is 6. The second kappa shape index (κ2) is 4.45. The van der Waals surface area contributed by atoms with Crippen molar-refractivity contribution >= 4 is 5.97 Å². The van der Waals surface area contributed by atoms with Gasteiger partial charge in [0.2, 0.25) is 0 Å². The maximum atomic E-state index is 11.6.